The molecule has 0 bridgehead atoms. The van der Waals surface area contributed by atoms with Crippen molar-refractivity contribution in [2.45, 2.75) is 26.1 Å². The summed E-state index contributed by atoms with van der Waals surface area (Å²) >= 11 is 6.00. The number of carbonyl (C=O) groups excluding carboxylic acids is 1. The van der Waals surface area contributed by atoms with Crippen LogP contribution in [0.3, 0.4) is 0 Å². The minimum absolute atomic E-state index is 0.108. The summed E-state index contributed by atoms with van der Waals surface area (Å²) in [5.74, 6) is -0.906. The summed E-state index contributed by atoms with van der Waals surface area (Å²) in [4.78, 5) is 23.9. The van der Waals surface area contributed by atoms with Crippen LogP contribution in [0.1, 0.15) is 24.5 Å². The van der Waals surface area contributed by atoms with E-state index in [2.05, 4.69) is 5.10 Å². The quantitative estimate of drug-likeness (QED) is 0.377. The molecule has 1 aromatic heterocycles. The van der Waals surface area contributed by atoms with Gasteiger partial charge in [-0.25, -0.2) is 9.59 Å². The highest BCUT2D eigenvalue weighted by atomic mass is 35.5. The van der Waals surface area contributed by atoms with Gasteiger partial charge in [0.05, 0.1) is 18.7 Å². The number of ether oxygens (including phenoxy) is 2. The molecule has 0 saturated heterocycles. The smallest absolute Gasteiger partial charge is 0.434 e. The van der Waals surface area contributed by atoms with Gasteiger partial charge in [-0.1, -0.05) is 18.5 Å². The Kier molecular flexibility index (Phi) is 6.69. The maximum Gasteiger partial charge on any atom is 0.513 e. The van der Waals surface area contributed by atoms with Crippen LogP contribution in [0.25, 0.3) is 11.5 Å². The summed E-state index contributed by atoms with van der Waals surface area (Å²) in [6.07, 6.45) is -4.78. The van der Waals surface area contributed by atoms with Gasteiger partial charge in [-0.3, -0.25) is 0 Å². The highest BCUT2D eigenvalue weighted by molar-refractivity contribution is 6.30. The molecule has 0 amide bonds. The molecule has 0 fully saturated rings. The van der Waals surface area contributed by atoms with Crippen molar-refractivity contribution in [3.8, 4) is 17.2 Å². The molecular weight excluding hydrogens is 441 g/mol. The largest absolute Gasteiger partial charge is 0.513 e. The van der Waals surface area contributed by atoms with Crippen molar-refractivity contribution in [3.05, 3.63) is 69.2 Å². The monoisotopic (exact) mass is 456 g/mol. The number of halogens is 4. The van der Waals surface area contributed by atoms with Gasteiger partial charge in [0.1, 0.15) is 5.75 Å². The number of benzene rings is 2. The minimum Gasteiger partial charge on any atom is -0.434 e. The number of hydrogen-bond acceptors (Lipinski definition) is 6. The van der Waals surface area contributed by atoms with E-state index >= 15 is 0 Å². The van der Waals surface area contributed by atoms with Crippen LogP contribution >= 0.6 is 11.6 Å². The van der Waals surface area contributed by atoms with E-state index in [0.717, 1.165) is 28.9 Å². The fourth-order valence-corrected chi connectivity index (χ4v) is 2.76. The first kappa shape index (κ1) is 22.4. The molecule has 1 heterocycles. The van der Waals surface area contributed by atoms with Crippen molar-refractivity contribution in [2.24, 2.45) is 0 Å². The summed E-state index contributed by atoms with van der Waals surface area (Å²) < 4.78 is 54.1. The molecule has 0 unspecified atom stereocenters. The lowest BCUT2D eigenvalue weighted by atomic mass is 10.1. The predicted molar refractivity (Wildman–Crippen MR) is 104 cm³/mol. The Balaban J connectivity index is 1.84. The molecule has 0 aliphatic heterocycles. The van der Waals surface area contributed by atoms with Crippen molar-refractivity contribution in [1.82, 2.24) is 9.78 Å². The van der Waals surface area contributed by atoms with E-state index in [1.54, 1.807) is 0 Å². The second kappa shape index (κ2) is 9.25. The van der Waals surface area contributed by atoms with Crippen LogP contribution in [-0.4, -0.2) is 22.5 Å². The average Bonchev–Trinajstić information content (AvgIpc) is 3.08. The zero-order chi connectivity index (χ0) is 22.6. The van der Waals surface area contributed by atoms with E-state index in [-0.39, 0.29) is 30.4 Å². The predicted octanol–water partition coefficient (Wildman–Crippen LogP) is 5.15. The number of rotatable bonds is 6. The van der Waals surface area contributed by atoms with E-state index in [1.807, 2.05) is 6.92 Å². The lowest BCUT2D eigenvalue weighted by molar-refractivity contribution is -0.137. The molecule has 0 atom stereocenters. The van der Waals surface area contributed by atoms with Gasteiger partial charge in [0.2, 0.25) is 5.89 Å². The molecule has 0 aliphatic carbocycles. The van der Waals surface area contributed by atoms with Crippen LogP contribution in [0.2, 0.25) is 5.02 Å². The molecule has 0 aliphatic rings. The number of alkyl halides is 3. The Morgan fingerprint density at radius 2 is 1.90 bits per heavy atom. The van der Waals surface area contributed by atoms with Crippen molar-refractivity contribution >= 4 is 17.8 Å². The van der Waals surface area contributed by atoms with Crippen LogP contribution in [0, 0.1) is 0 Å². The van der Waals surface area contributed by atoms with E-state index in [4.69, 9.17) is 25.5 Å². The highest BCUT2D eigenvalue weighted by Gasteiger charge is 2.30. The third-order valence-electron chi connectivity index (χ3n) is 4.03. The van der Waals surface area contributed by atoms with Crippen molar-refractivity contribution in [2.75, 3.05) is 6.61 Å². The molecule has 0 N–H and O–H groups in total. The minimum atomic E-state index is -4.49. The number of aromatic nitrogens is 2. The Morgan fingerprint density at radius 1 is 1.19 bits per heavy atom. The van der Waals surface area contributed by atoms with E-state index in [1.165, 1.54) is 18.2 Å². The van der Waals surface area contributed by atoms with Crippen LogP contribution in [0.15, 0.2) is 51.7 Å². The SMILES string of the molecule is CCCOC(=O)Oc1ccc(Cl)cc1Cn1nc(-c2ccc(C(F)(F)F)cc2)oc1=O. The number of hydrogen-bond donors (Lipinski definition) is 0. The molecule has 11 heteroatoms. The topological polar surface area (TPSA) is 83.6 Å². The zero-order valence-corrected chi connectivity index (χ0v) is 16.9. The van der Waals surface area contributed by atoms with Gasteiger partial charge >= 0.3 is 18.1 Å². The van der Waals surface area contributed by atoms with E-state index < -0.39 is 23.7 Å². The van der Waals surface area contributed by atoms with Crippen LogP contribution in [0.4, 0.5) is 18.0 Å². The summed E-state index contributed by atoms with van der Waals surface area (Å²) in [5, 5.41) is 4.33. The van der Waals surface area contributed by atoms with Crippen molar-refractivity contribution in [3.63, 3.8) is 0 Å². The van der Waals surface area contributed by atoms with Gasteiger partial charge in [0.15, 0.2) is 0 Å². The zero-order valence-electron chi connectivity index (χ0n) is 16.1. The van der Waals surface area contributed by atoms with Gasteiger partial charge < -0.3 is 13.9 Å². The molecule has 0 spiro atoms. The number of carbonyl (C=O) groups is 1. The van der Waals surface area contributed by atoms with Gasteiger partial charge in [-0.05, 0) is 48.9 Å². The molecule has 0 saturated carbocycles. The normalized spacial score (nSPS) is 11.4. The Bertz CT molecular complexity index is 1120. The first-order valence-electron chi connectivity index (χ1n) is 9.06. The van der Waals surface area contributed by atoms with E-state index in [9.17, 15) is 22.8 Å². The summed E-state index contributed by atoms with van der Waals surface area (Å²) in [6, 6.07) is 8.42. The van der Waals surface area contributed by atoms with Crippen LogP contribution in [0.5, 0.6) is 5.75 Å². The first-order valence-corrected chi connectivity index (χ1v) is 9.43. The maximum atomic E-state index is 12.7. The first-order chi connectivity index (χ1) is 14.7. The summed E-state index contributed by atoms with van der Waals surface area (Å²) in [5.41, 5.74) is -0.307. The third kappa shape index (κ3) is 5.66. The van der Waals surface area contributed by atoms with Gasteiger partial charge in [0.25, 0.3) is 0 Å². The van der Waals surface area contributed by atoms with Crippen molar-refractivity contribution < 1.29 is 31.9 Å². The van der Waals surface area contributed by atoms with Crippen LogP contribution < -0.4 is 10.5 Å². The highest BCUT2D eigenvalue weighted by Crippen LogP contribution is 2.30. The molecule has 3 aromatic rings. The van der Waals surface area contributed by atoms with Gasteiger partial charge in [-0.2, -0.15) is 17.9 Å². The molecule has 3 rings (SSSR count). The Morgan fingerprint density at radius 3 is 2.55 bits per heavy atom. The number of nitrogens with zero attached hydrogens (tertiary/aromatic N) is 2. The fraction of sp³-hybridized carbons (Fsp3) is 0.250. The maximum absolute atomic E-state index is 12.7. The second-order valence-electron chi connectivity index (χ2n) is 6.36. The molecule has 2 aromatic carbocycles. The molecule has 164 valence electrons. The lowest BCUT2D eigenvalue weighted by Gasteiger charge is -2.10. The Hall–Kier alpha value is -3.27. The molecule has 0 radical (unpaired) electrons. The van der Waals surface area contributed by atoms with Crippen LogP contribution in [-0.2, 0) is 17.5 Å². The summed E-state index contributed by atoms with van der Waals surface area (Å²) in [7, 11) is 0. The lowest BCUT2D eigenvalue weighted by Crippen LogP contribution is -2.18. The van der Waals surface area contributed by atoms with E-state index in [0.29, 0.717) is 17.0 Å². The second-order valence-corrected chi connectivity index (χ2v) is 6.79. The average molecular weight is 457 g/mol. The Labute approximate surface area is 178 Å². The third-order valence-corrected chi connectivity index (χ3v) is 4.26. The summed E-state index contributed by atoms with van der Waals surface area (Å²) in [6.45, 7) is 1.84. The van der Waals surface area contributed by atoms with Gasteiger partial charge in [-0.15, -0.1) is 5.10 Å². The standard InChI is InChI=1S/C20H16ClF3N2O5/c1-2-9-29-19(28)30-16-8-7-15(21)10-13(16)11-26-18(27)31-17(25-26)12-3-5-14(6-4-12)20(22,23)24/h3-8,10H,2,9,11H2,1H3. The van der Waals surface area contributed by atoms with Crippen molar-refractivity contribution in [1.29, 1.82) is 0 Å². The van der Waals surface area contributed by atoms with Gasteiger partial charge in [0, 0.05) is 16.1 Å². The molecule has 31 heavy (non-hydrogen) atoms. The molecule has 7 nitrogen and oxygen atoms in total. The molecular formula is C20H16ClF3N2O5. The fourth-order valence-electron chi connectivity index (χ4n) is 2.56.